The molecule has 0 unspecified atom stereocenters. The minimum Gasteiger partial charge on any atom is -0.477 e. The van der Waals surface area contributed by atoms with Crippen LogP contribution in [0.3, 0.4) is 0 Å². The minimum atomic E-state index is -0.990. The van der Waals surface area contributed by atoms with Crippen LogP contribution in [0.25, 0.3) is 16.9 Å². The van der Waals surface area contributed by atoms with Crippen molar-refractivity contribution in [3.63, 3.8) is 0 Å². The molecule has 0 spiro atoms. The van der Waals surface area contributed by atoms with Gasteiger partial charge < -0.3 is 14.2 Å². The number of halogens is 1. The lowest BCUT2D eigenvalue weighted by molar-refractivity contribution is 0.0688. The van der Waals surface area contributed by atoms with Gasteiger partial charge in [-0.3, -0.25) is 0 Å². The van der Waals surface area contributed by atoms with E-state index in [1.165, 1.54) is 0 Å². The highest BCUT2D eigenvalue weighted by Gasteiger charge is 2.21. The van der Waals surface area contributed by atoms with Gasteiger partial charge in [0.2, 0.25) is 0 Å². The molecule has 5 nitrogen and oxygen atoms in total. The summed E-state index contributed by atoms with van der Waals surface area (Å²) in [6.45, 7) is 3.62. The first kappa shape index (κ1) is 14.6. The smallest absolute Gasteiger partial charge is 0.352 e. The third-order valence-electron chi connectivity index (χ3n) is 3.37. The normalized spacial score (nSPS) is 10.9. The van der Waals surface area contributed by atoms with Crippen LogP contribution in [0, 0.1) is 13.8 Å². The van der Waals surface area contributed by atoms with Crippen LogP contribution in [0.2, 0.25) is 0 Å². The maximum atomic E-state index is 11.5. The Balaban J connectivity index is 2.22. The van der Waals surface area contributed by atoms with Crippen molar-refractivity contribution in [1.82, 2.24) is 9.72 Å². The van der Waals surface area contributed by atoms with E-state index >= 15 is 0 Å². The van der Waals surface area contributed by atoms with Gasteiger partial charge in [0.15, 0.2) is 5.76 Å². The minimum absolute atomic E-state index is 0.183. The van der Waals surface area contributed by atoms with E-state index in [0.29, 0.717) is 17.1 Å². The molecule has 0 saturated carbocycles. The lowest BCUT2D eigenvalue weighted by Crippen LogP contribution is -2.06. The Kier molecular flexibility index (Phi) is 3.62. The van der Waals surface area contributed by atoms with Gasteiger partial charge in [0, 0.05) is 16.2 Å². The molecule has 0 fully saturated rings. The molecule has 2 heterocycles. The molecule has 6 heteroatoms. The fourth-order valence-corrected chi connectivity index (χ4v) is 2.66. The first-order valence-electron chi connectivity index (χ1n) is 6.62. The summed E-state index contributed by atoms with van der Waals surface area (Å²) in [6, 6.07) is 9.24. The highest BCUT2D eigenvalue weighted by atomic mass is 79.9. The van der Waals surface area contributed by atoms with Gasteiger partial charge in [-0.2, -0.15) is 0 Å². The topological polar surface area (TPSA) is 68.3 Å². The molecular weight excluding hydrogens is 348 g/mol. The van der Waals surface area contributed by atoms with E-state index in [0.717, 1.165) is 15.6 Å². The molecule has 2 aromatic heterocycles. The van der Waals surface area contributed by atoms with Gasteiger partial charge in [-0.1, -0.05) is 33.2 Å². The summed E-state index contributed by atoms with van der Waals surface area (Å²) in [6.07, 6.45) is 1.77. The number of rotatable bonds is 3. The zero-order chi connectivity index (χ0) is 15.9. The van der Waals surface area contributed by atoms with E-state index in [1.54, 1.807) is 23.8 Å². The Morgan fingerprint density at radius 3 is 2.59 bits per heavy atom. The number of carboxylic acid groups (broad SMARTS) is 1. The fourth-order valence-electron chi connectivity index (χ4n) is 2.39. The number of hydrogen-bond acceptors (Lipinski definition) is 3. The maximum absolute atomic E-state index is 11.5. The molecule has 0 aliphatic rings. The van der Waals surface area contributed by atoms with E-state index in [2.05, 4.69) is 21.1 Å². The Labute approximate surface area is 135 Å². The second kappa shape index (κ2) is 5.46. The van der Waals surface area contributed by atoms with Crippen LogP contribution in [0.5, 0.6) is 0 Å². The van der Waals surface area contributed by atoms with E-state index in [1.807, 2.05) is 31.2 Å². The van der Waals surface area contributed by atoms with Crippen LogP contribution in [-0.4, -0.2) is 20.8 Å². The summed E-state index contributed by atoms with van der Waals surface area (Å²) in [7, 11) is 0. The number of carboxylic acids is 1. The molecule has 1 aromatic carbocycles. The van der Waals surface area contributed by atoms with E-state index in [9.17, 15) is 9.90 Å². The zero-order valence-corrected chi connectivity index (χ0v) is 13.6. The number of aryl methyl sites for hydroxylation is 2. The molecule has 3 aromatic rings. The second-order valence-corrected chi connectivity index (χ2v) is 5.94. The van der Waals surface area contributed by atoms with Gasteiger partial charge in [-0.05, 0) is 37.6 Å². The summed E-state index contributed by atoms with van der Waals surface area (Å²) in [5.74, 6) is -0.425. The summed E-state index contributed by atoms with van der Waals surface area (Å²) in [4.78, 5) is 11.5. The lowest BCUT2D eigenvalue weighted by Gasteiger charge is -2.07. The number of aromatic nitrogens is 2. The number of hydrogen-bond donors (Lipinski definition) is 1. The van der Waals surface area contributed by atoms with Crippen LogP contribution < -0.4 is 0 Å². The standard InChI is InChI=1S/C16H13BrN2O3/c1-9-7-13(16(20)21)19(8-9)15-10(2)22-18-14(15)11-3-5-12(17)6-4-11/h3-8H,1-2H3,(H,20,21). The van der Waals surface area contributed by atoms with Crippen molar-refractivity contribution in [3.05, 3.63) is 58.0 Å². The van der Waals surface area contributed by atoms with Gasteiger partial charge >= 0.3 is 5.97 Å². The molecule has 0 radical (unpaired) electrons. The summed E-state index contributed by atoms with van der Waals surface area (Å²) >= 11 is 3.39. The molecule has 22 heavy (non-hydrogen) atoms. The van der Waals surface area contributed by atoms with Crippen LogP contribution in [0.1, 0.15) is 21.8 Å². The molecule has 0 amide bonds. The number of nitrogens with zero attached hydrogens (tertiary/aromatic N) is 2. The Morgan fingerprint density at radius 1 is 1.27 bits per heavy atom. The van der Waals surface area contributed by atoms with E-state index in [4.69, 9.17) is 4.52 Å². The highest BCUT2D eigenvalue weighted by Crippen LogP contribution is 2.31. The van der Waals surface area contributed by atoms with Crippen molar-refractivity contribution in [2.75, 3.05) is 0 Å². The predicted molar refractivity (Wildman–Crippen MR) is 85.4 cm³/mol. The van der Waals surface area contributed by atoms with Crippen molar-refractivity contribution in [3.8, 4) is 16.9 Å². The largest absolute Gasteiger partial charge is 0.477 e. The van der Waals surface area contributed by atoms with Crippen molar-refractivity contribution in [1.29, 1.82) is 0 Å². The molecular formula is C16H13BrN2O3. The Bertz CT molecular complexity index is 847. The van der Waals surface area contributed by atoms with Gasteiger partial charge in [0.05, 0.1) is 0 Å². The average Bonchev–Trinajstić information content (AvgIpc) is 3.02. The average molecular weight is 361 g/mol. The van der Waals surface area contributed by atoms with Crippen molar-refractivity contribution in [2.24, 2.45) is 0 Å². The lowest BCUT2D eigenvalue weighted by atomic mass is 10.1. The van der Waals surface area contributed by atoms with Crippen LogP contribution in [0.15, 0.2) is 45.5 Å². The van der Waals surface area contributed by atoms with E-state index in [-0.39, 0.29) is 5.69 Å². The SMILES string of the molecule is Cc1cc(C(=O)O)n(-c2c(-c3ccc(Br)cc3)noc2C)c1. The van der Waals surface area contributed by atoms with Crippen LogP contribution in [0.4, 0.5) is 0 Å². The summed E-state index contributed by atoms with van der Waals surface area (Å²) in [5.41, 5.74) is 3.16. The molecule has 112 valence electrons. The third kappa shape index (κ3) is 2.46. The molecule has 3 rings (SSSR count). The number of benzene rings is 1. The van der Waals surface area contributed by atoms with Crippen LogP contribution >= 0.6 is 15.9 Å². The maximum Gasteiger partial charge on any atom is 0.352 e. The number of carbonyl (C=O) groups is 1. The van der Waals surface area contributed by atoms with Gasteiger partial charge in [0.25, 0.3) is 0 Å². The molecule has 0 aliphatic heterocycles. The summed E-state index contributed by atoms with van der Waals surface area (Å²) < 4.78 is 7.87. The van der Waals surface area contributed by atoms with Crippen molar-refractivity contribution < 1.29 is 14.4 Å². The first-order chi connectivity index (χ1) is 10.5. The fraction of sp³-hybridized carbons (Fsp3) is 0.125. The van der Waals surface area contributed by atoms with Gasteiger partial charge in [0.1, 0.15) is 17.1 Å². The Morgan fingerprint density at radius 2 is 1.95 bits per heavy atom. The summed E-state index contributed by atoms with van der Waals surface area (Å²) in [5, 5.41) is 13.5. The molecule has 0 atom stereocenters. The first-order valence-corrected chi connectivity index (χ1v) is 7.41. The molecule has 0 saturated heterocycles. The Hall–Kier alpha value is -2.34. The second-order valence-electron chi connectivity index (χ2n) is 5.02. The molecule has 1 N–H and O–H groups in total. The number of aromatic carboxylic acids is 1. The van der Waals surface area contributed by atoms with Gasteiger partial charge in [-0.25, -0.2) is 4.79 Å². The monoisotopic (exact) mass is 360 g/mol. The zero-order valence-electron chi connectivity index (χ0n) is 12.0. The highest BCUT2D eigenvalue weighted by molar-refractivity contribution is 9.10. The molecule has 0 aliphatic carbocycles. The quantitative estimate of drug-likeness (QED) is 0.759. The third-order valence-corrected chi connectivity index (χ3v) is 3.89. The van der Waals surface area contributed by atoms with Crippen LogP contribution in [-0.2, 0) is 0 Å². The van der Waals surface area contributed by atoms with E-state index < -0.39 is 5.97 Å². The van der Waals surface area contributed by atoms with Crippen molar-refractivity contribution in [2.45, 2.75) is 13.8 Å². The molecule has 0 bridgehead atoms. The predicted octanol–water partition coefficient (Wildman–Crippen LogP) is 4.21. The van der Waals surface area contributed by atoms with Crippen molar-refractivity contribution >= 4 is 21.9 Å². The van der Waals surface area contributed by atoms with Gasteiger partial charge in [-0.15, -0.1) is 0 Å².